The van der Waals surface area contributed by atoms with Gasteiger partial charge in [0, 0.05) is 11.4 Å². The molecular weight excluding hydrogens is 166 g/mol. The molecule has 0 aromatic rings. The Morgan fingerprint density at radius 1 is 1.50 bits per heavy atom. The second-order valence-corrected chi connectivity index (χ2v) is 3.19. The second kappa shape index (κ2) is 4.33. The SMILES string of the molecule is CC(C)C[C@H](N)CBr. The number of hydrogen-bond acceptors (Lipinski definition) is 1. The third-order valence-electron chi connectivity index (χ3n) is 0.972. The van der Waals surface area contributed by atoms with Crippen LogP contribution in [0.5, 0.6) is 0 Å². The fourth-order valence-corrected chi connectivity index (χ4v) is 0.933. The van der Waals surface area contributed by atoms with E-state index in [1.807, 2.05) is 0 Å². The van der Waals surface area contributed by atoms with Gasteiger partial charge in [0.2, 0.25) is 0 Å². The predicted molar refractivity (Wildman–Crippen MR) is 41.2 cm³/mol. The van der Waals surface area contributed by atoms with Crippen LogP contribution in [0.1, 0.15) is 20.3 Å². The monoisotopic (exact) mass is 179 g/mol. The highest BCUT2D eigenvalue weighted by Gasteiger charge is 2.01. The normalized spacial score (nSPS) is 14.6. The molecule has 0 fully saturated rings. The van der Waals surface area contributed by atoms with E-state index in [0.717, 1.165) is 17.7 Å². The Kier molecular flexibility index (Phi) is 4.57. The van der Waals surface area contributed by atoms with Gasteiger partial charge in [-0.25, -0.2) is 0 Å². The molecule has 0 saturated heterocycles. The van der Waals surface area contributed by atoms with Crippen LogP contribution >= 0.6 is 15.9 Å². The van der Waals surface area contributed by atoms with Gasteiger partial charge < -0.3 is 5.73 Å². The Bertz CT molecular complexity index is 54.5. The van der Waals surface area contributed by atoms with E-state index in [1.54, 1.807) is 0 Å². The van der Waals surface area contributed by atoms with Crippen molar-refractivity contribution in [2.24, 2.45) is 11.7 Å². The number of alkyl halides is 1. The molecule has 8 heavy (non-hydrogen) atoms. The molecule has 0 spiro atoms. The molecule has 2 heteroatoms. The molecule has 0 saturated carbocycles. The number of nitrogens with two attached hydrogens (primary N) is 1. The summed E-state index contributed by atoms with van der Waals surface area (Å²) in [5, 5.41) is 0.922. The maximum atomic E-state index is 5.63. The van der Waals surface area contributed by atoms with E-state index >= 15 is 0 Å². The minimum Gasteiger partial charge on any atom is -0.327 e. The molecule has 0 bridgehead atoms. The number of hydrogen-bond donors (Lipinski definition) is 1. The quantitative estimate of drug-likeness (QED) is 0.658. The molecule has 0 aromatic heterocycles. The summed E-state index contributed by atoms with van der Waals surface area (Å²) in [6.45, 7) is 4.37. The lowest BCUT2D eigenvalue weighted by Crippen LogP contribution is -2.23. The standard InChI is InChI=1S/C6H14BrN/c1-5(2)3-6(8)4-7/h5-6H,3-4,8H2,1-2H3/t6-/m0/s1. The van der Waals surface area contributed by atoms with Gasteiger partial charge in [-0.2, -0.15) is 0 Å². The zero-order valence-electron chi connectivity index (χ0n) is 5.52. The Labute approximate surface area is 59.8 Å². The Balaban J connectivity index is 3.10. The summed E-state index contributed by atoms with van der Waals surface area (Å²) in [6.07, 6.45) is 1.12. The van der Waals surface area contributed by atoms with Gasteiger partial charge in [0.05, 0.1) is 0 Å². The first-order valence-corrected chi connectivity index (χ1v) is 4.10. The highest BCUT2D eigenvalue weighted by molar-refractivity contribution is 9.09. The van der Waals surface area contributed by atoms with Crippen molar-refractivity contribution in [3.05, 3.63) is 0 Å². The van der Waals surface area contributed by atoms with Gasteiger partial charge in [0.25, 0.3) is 0 Å². The van der Waals surface area contributed by atoms with Crippen LogP contribution in [0.3, 0.4) is 0 Å². The molecule has 0 aliphatic rings. The summed E-state index contributed by atoms with van der Waals surface area (Å²) in [5.74, 6) is 0.725. The molecule has 0 aliphatic heterocycles. The maximum Gasteiger partial charge on any atom is 0.0183 e. The molecule has 0 rings (SSSR count). The Morgan fingerprint density at radius 2 is 2.00 bits per heavy atom. The van der Waals surface area contributed by atoms with Crippen molar-refractivity contribution in [1.29, 1.82) is 0 Å². The Morgan fingerprint density at radius 3 is 2.12 bits per heavy atom. The molecule has 0 radical (unpaired) electrons. The first-order valence-electron chi connectivity index (χ1n) is 2.98. The minimum absolute atomic E-state index is 0.343. The highest BCUT2D eigenvalue weighted by Crippen LogP contribution is 2.03. The van der Waals surface area contributed by atoms with E-state index in [4.69, 9.17) is 5.73 Å². The van der Waals surface area contributed by atoms with E-state index in [-0.39, 0.29) is 0 Å². The molecule has 0 amide bonds. The lowest BCUT2D eigenvalue weighted by Gasteiger charge is -2.09. The topological polar surface area (TPSA) is 26.0 Å². The summed E-state index contributed by atoms with van der Waals surface area (Å²) in [5.41, 5.74) is 5.63. The molecule has 0 aromatic carbocycles. The van der Waals surface area contributed by atoms with Gasteiger partial charge in [-0.05, 0) is 12.3 Å². The summed E-state index contributed by atoms with van der Waals surface area (Å²) >= 11 is 3.32. The fourth-order valence-electron chi connectivity index (χ4n) is 0.668. The summed E-state index contributed by atoms with van der Waals surface area (Å²) in [7, 11) is 0. The van der Waals surface area contributed by atoms with E-state index in [9.17, 15) is 0 Å². The summed E-state index contributed by atoms with van der Waals surface area (Å²) in [6, 6.07) is 0.343. The average molecular weight is 180 g/mol. The summed E-state index contributed by atoms with van der Waals surface area (Å²) in [4.78, 5) is 0. The smallest absolute Gasteiger partial charge is 0.0183 e. The van der Waals surface area contributed by atoms with Crippen molar-refractivity contribution in [1.82, 2.24) is 0 Å². The van der Waals surface area contributed by atoms with E-state index in [2.05, 4.69) is 29.8 Å². The van der Waals surface area contributed by atoms with Gasteiger partial charge in [0.15, 0.2) is 0 Å². The third-order valence-corrected chi connectivity index (χ3v) is 1.80. The summed E-state index contributed by atoms with van der Waals surface area (Å²) < 4.78 is 0. The van der Waals surface area contributed by atoms with E-state index < -0.39 is 0 Å². The van der Waals surface area contributed by atoms with Crippen LogP contribution in [-0.2, 0) is 0 Å². The maximum absolute atomic E-state index is 5.63. The van der Waals surface area contributed by atoms with Crippen LogP contribution in [0, 0.1) is 5.92 Å². The van der Waals surface area contributed by atoms with Gasteiger partial charge in [0.1, 0.15) is 0 Å². The van der Waals surface area contributed by atoms with Crippen LogP contribution in [0.2, 0.25) is 0 Å². The second-order valence-electron chi connectivity index (χ2n) is 2.54. The zero-order valence-corrected chi connectivity index (χ0v) is 7.11. The van der Waals surface area contributed by atoms with Crippen LogP contribution in [-0.4, -0.2) is 11.4 Å². The average Bonchev–Trinajstić information content (AvgIpc) is 1.65. The lowest BCUT2D eigenvalue weighted by molar-refractivity contribution is 0.526. The molecule has 0 heterocycles. The molecule has 1 nitrogen and oxygen atoms in total. The van der Waals surface area contributed by atoms with Crippen molar-refractivity contribution in [2.75, 3.05) is 5.33 Å². The van der Waals surface area contributed by atoms with E-state index in [0.29, 0.717) is 6.04 Å². The van der Waals surface area contributed by atoms with Crippen molar-refractivity contribution in [3.63, 3.8) is 0 Å². The van der Waals surface area contributed by atoms with Crippen molar-refractivity contribution in [3.8, 4) is 0 Å². The van der Waals surface area contributed by atoms with Crippen LogP contribution in [0.15, 0.2) is 0 Å². The Hall–Kier alpha value is 0.440. The first kappa shape index (κ1) is 8.44. The van der Waals surface area contributed by atoms with Crippen molar-refractivity contribution < 1.29 is 0 Å². The fraction of sp³-hybridized carbons (Fsp3) is 1.00. The molecular formula is C6H14BrN. The number of rotatable bonds is 3. The molecule has 0 unspecified atom stereocenters. The van der Waals surface area contributed by atoms with Crippen molar-refractivity contribution >= 4 is 15.9 Å². The predicted octanol–water partition coefficient (Wildman–Crippen LogP) is 1.75. The molecule has 2 N–H and O–H groups in total. The first-order chi connectivity index (χ1) is 3.66. The van der Waals surface area contributed by atoms with Gasteiger partial charge >= 0.3 is 0 Å². The highest BCUT2D eigenvalue weighted by atomic mass is 79.9. The minimum atomic E-state index is 0.343. The van der Waals surface area contributed by atoms with Gasteiger partial charge in [-0.15, -0.1) is 0 Å². The van der Waals surface area contributed by atoms with Crippen LogP contribution in [0.4, 0.5) is 0 Å². The third kappa shape index (κ3) is 4.60. The van der Waals surface area contributed by atoms with Crippen molar-refractivity contribution in [2.45, 2.75) is 26.3 Å². The molecule has 50 valence electrons. The number of halogens is 1. The van der Waals surface area contributed by atoms with Gasteiger partial charge in [-0.1, -0.05) is 29.8 Å². The molecule has 1 atom stereocenters. The zero-order chi connectivity index (χ0) is 6.57. The lowest BCUT2D eigenvalue weighted by atomic mass is 10.1. The largest absolute Gasteiger partial charge is 0.327 e. The van der Waals surface area contributed by atoms with Crippen LogP contribution < -0.4 is 5.73 Å². The van der Waals surface area contributed by atoms with Crippen LogP contribution in [0.25, 0.3) is 0 Å². The van der Waals surface area contributed by atoms with Gasteiger partial charge in [-0.3, -0.25) is 0 Å². The van der Waals surface area contributed by atoms with E-state index in [1.165, 1.54) is 0 Å². The molecule has 0 aliphatic carbocycles.